The van der Waals surface area contributed by atoms with Gasteiger partial charge in [-0.15, -0.1) is 0 Å². The summed E-state index contributed by atoms with van der Waals surface area (Å²) in [6, 6.07) is 7.97. The molecule has 138 valence electrons. The molecule has 2 aromatic rings. The summed E-state index contributed by atoms with van der Waals surface area (Å²) in [5.41, 5.74) is 1.81. The van der Waals surface area contributed by atoms with Gasteiger partial charge in [-0.25, -0.2) is 4.79 Å². The number of carbonyl (C=O) groups is 2. The topological polar surface area (TPSA) is 94.1 Å². The molecule has 0 aromatic heterocycles. The van der Waals surface area contributed by atoms with Crippen LogP contribution in [0.2, 0.25) is 0 Å². The number of nitrogens with one attached hydrogen (secondary N) is 1. The van der Waals surface area contributed by atoms with Crippen LogP contribution in [0.3, 0.4) is 0 Å². The third-order valence-corrected chi connectivity index (χ3v) is 3.76. The first-order chi connectivity index (χ1) is 12.4. The lowest BCUT2D eigenvalue weighted by Gasteiger charge is -2.14. The zero-order chi connectivity index (χ0) is 19.3. The van der Waals surface area contributed by atoms with Crippen LogP contribution < -0.4 is 19.5 Å². The van der Waals surface area contributed by atoms with Crippen LogP contribution in [0.25, 0.3) is 0 Å². The summed E-state index contributed by atoms with van der Waals surface area (Å²) in [5, 5.41) is 11.9. The van der Waals surface area contributed by atoms with Crippen LogP contribution in [0.15, 0.2) is 30.3 Å². The molecule has 0 unspecified atom stereocenters. The number of carboxylic acid groups (broad SMARTS) is 1. The molecule has 7 heteroatoms. The normalized spacial score (nSPS) is 10.2. The quantitative estimate of drug-likeness (QED) is 0.789. The van der Waals surface area contributed by atoms with Crippen LogP contribution in [-0.4, -0.2) is 38.3 Å². The highest BCUT2D eigenvalue weighted by atomic mass is 16.5. The molecule has 2 aromatic carbocycles. The van der Waals surface area contributed by atoms with E-state index in [1.165, 1.54) is 33.5 Å². The molecule has 0 bridgehead atoms. The number of ether oxygens (including phenoxy) is 3. The van der Waals surface area contributed by atoms with Gasteiger partial charge >= 0.3 is 5.97 Å². The molecule has 0 radical (unpaired) electrons. The van der Waals surface area contributed by atoms with E-state index in [2.05, 4.69) is 5.32 Å². The number of aryl methyl sites for hydroxylation is 1. The second kappa shape index (κ2) is 8.24. The fourth-order valence-electron chi connectivity index (χ4n) is 2.56. The van der Waals surface area contributed by atoms with Gasteiger partial charge in [0, 0.05) is 12.1 Å². The minimum absolute atomic E-state index is 0.0722. The van der Waals surface area contributed by atoms with E-state index in [4.69, 9.17) is 19.3 Å². The first-order valence-corrected chi connectivity index (χ1v) is 7.81. The van der Waals surface area contributed by atoms with Crippen molar-refractivity contribution in [3.05, 3.63) is 52.6 Å². The Balaban J connectivity index is 2.21. The monoisotopic (exact) mass is 359 g/mol. The van der Waals surface area contributed by atoms with Crippen molar-refractivity contribution in [1.29, 1.82) is 0 Å². The number of carbonyl (C=O) groups excluding carboxylic acids is 1. The van der Waals surface area contributed by atoms with Crippen molar-refractivity contribution < 1.29 is 28.9 Å². The van der Waals surface area contributed by atoms with Gasteiger partial charge in [0.15, 0.2) is 11.5 Å². The third-order valence-electron chi connectivity index (χ3n) is 3.76. The summed E-state index contributed by atoms with van der Waals surface area (Å²) >= 11 is 0. The standard InChI is InChI=1S/C19H21NO6/c1-11-5-13(9-14(6-11)19(22)23)18(21)20-10-12-7-15(24-2)17(26-4)16(8-12)25-3/h5-9H,10H2,1-4H3,(H,20,21)(H,22,23). The first kappa shape index (κ1) is 19.1. The van der Waals surface area contributed by atoms with Gasteiger partial charge in [-0.1, -0.05) is 0 Å². The maximum atomic E-state index is 12.4. The summed E-state index contributed by atoms with van der Waals surface area (Å²) < 4.78 is 15.8. The predicted molar refractivity (Wildman–Crippen MR) is 95.4 cm³/mol. The highest BCUT2D eigenvalue weighted by molar-refractivity contribution is 5.97. The zero-order valence-electron chi connectivity index (χ0n) is 15.1. The Morgan fingerprint density at radius 3 is 2.00 bits per heavy atom. The third kappa shape index (κ3) is 4.24. The molecule has 0 aliphatic rings. The van der Waals surface area contributed by atoms with Crippen LogP contribution in [0.1, 0.15) is 31.8 Å². The summed E-state index contributed by atoms with van der Waals surface area (Å²) in [7, 11) is 4.54. The van der Waals surface area contributed by atoms with E-state index in [1.54, 1.807) is 25.1 Å². The lowest BCUT2D eigenvalue weighted by atomic mass is 10.1. The van der Waals surface area contributed by atoms with Crippen LogP contribution in [0.4, 0.5) is 0 Å². The predicted octanol–water partition coefficient (Wildman–Crippen LogP) is 2.65. The molecule has 0 fully saturated rings. The Kier molecular flexibility index (Phi) is 6.06. The molecule has 0 heterocycles. The number of methoxy groups -OCH3 is 3. The maximum Gasteiger partial charge on any atom is 0.335 e. The fourth-order valence-corrected chi connectivity index (χ4v) is 2.56. The fraction of sp³-hybridized carbons (Fsp3) is 0.263. The Labute approximate surface area is 151 Å². The molecule has 0 aliphatic carbocycles. The molecular weight excluding hydrogens is 338 g/mol. The van der Waals surface area contributed by atoms with Crippen molar-refractivity contribution in [2.75, 3.05) is 21.3 Å². The zero-order valence-corrected chi connectivity index (χ0v) is 15.1. The lowest BCUT2D eigenvalue weighted by molar-refractivity contribution is 0.0696. The van der Waals surface area contributed by atoms with Gasteiger partial charge in [-0.05, 0) is 48.4 Å². The van der Waals surface area contributed by atoms with Crippen LogP contribution in [0, 0.1) is 6.92 Å². The minimum atomic E-state index is -1.08. The van der Waals surface area contributed by atoms with E-state index in [-0.39, 0.29) is 23.6 Å². The van der Waals surface area contributed by atoms with Crippen molar-refractivity contribution >= 4 is 11.9 Å². The maximum absolute atomic E-state index is 12.4. The van der Waals surface area contributed by atoms with Gasteiger partial charge in [0.2, 0.25) is 5.75 Å². The average Bonchev–Trinajstić information content (AvgIpc) is 2.64. The number of rotatable bonds is 7. The van der Waals surface area contributed by atoms with Crippen molar-refractivity contribution in [3.8, 4) is 17.2 Å². The van der Waals surface area contributed by atoms with E-state index >= 15 is 0 Å². The van der Waals surface area contributed by atoms with E-state index in [1.807, 2.05) is 0 Å². The summed E-state index contributed by atoms with van der Waals surface area (Å²) in [5.74, 6) is -0.00757. The van der Waals surface area contributed by atoms with Gasteiger partial charge in [0.1, 0.15) is 0 Å². The van der Waals surface area contributed by atoms with E-state index in [0.717, 1.165) is 5.56 Å². The second-order valence-corrected chi connectivity index (χ2v) is 5.61. The largest absolute Gasteiger partial charge is 0.493 e. The number of amides is 1. The molecular formula is C19H21NO6. The molecule has 0 aliphatic heterocycles. The lowest BCUT2D eigenvalue weighted by Crippen LogP contribution is -2.23. The van der Waals surface area contributed by atoms with Crippen molar-refractivity contribution in [2.45, 2.75) is 13.5 Å². The van der Waals surface area contributed by atoms with Gasteiger partial charge in [-0.2, -0.15) is 0 Å². The molecule has 1 amide bonds. The van der Waals surface area contributed by atoms with Gasteiger partial charge in [0.25, 0.3) is 5.91 Å². The van der Waals surface area contributed by atoms with Gasteiger partial charge < -0.3 is 24.6 Å². The highest BCUT2D eigenvalue weighted by Gasteiger charge is 2.15. The van der Waals surface area contributed by atoms with Crippen molar-refractivity contribution in [2.24, 2.45) is 0 Å². The number of aromatic carboxylic acids is 1. The molecule has 2 N–H and O–H groups in total. The molecule has 0 saturated heterocycles. The molecule has 7 nitrogen and oxygen atoms in total. The number of hydrogen-bond donors (Lipinski definition) is 2. The van der Waals surface area contributed by atoms with Crippen LogP contribution >= 0.6 is 0 Å². The Hall–Kier alpha value is -3.22. The van der Waals surface area contributed by atoms with E-state index in [9.17, 15) is 9.59 Å². The van der Waals surface area contributed by atoms with Gasteiger partial charge in [-0.3, -0.25) is 4.79 Å². The number of carboxylic acids is 1. The first-order valence-electron chi connectivity index (χ1n) is 7.81. The van der Waals surface area contributed by atoms with Crippen molar-refractivity contribution in [3.63, 3.8) is 0 Å². The highest BCUT2D eigenvalue weighted by Crippen LogP contribution is 2.38. The van der Waals surface area contributed by atoms with E-state index in [0.29, 0.717) is 22.8 Å². The summed E-state index contributed by atoms with van der Waals surface area (Å²) in [6.07, 6.45) is 0. The number of benzene rings is 2. The average molecular weight is 359 g/mol. The SMILES string of the molecule is COc1cc(CNC(=O)c2cc(C)cc(C(=O)O)c2)cc(OC)c1OC. The smallest absolute Gasteiger partial charge is 0.335 e. The molecule has 26 heavy (non-hydrogen) atoms. The molecule has 0 saturated carbocycles. The van der Waals surface area contributed by atoms with Crippen LogP contribution in [0.5, 0.6) is 17.2 Å². The number of hydrogen-bond acceptors (Lipinski definition) is 5. The Morgan fingerprint density at radius 2 is 1.50 bits per heavy atom. The molecule has 2 rings (SSSR count). The molecule has 0 atom stereocenters. The Morgan fingerprint density at radius 1 is 0.923 bits per heavy atom. The van der Waals surface area contributed by atoms with Gasteiger partial charge in [0.05, 0.1) is 26.9 Å². The summed E-state index contributed by atoms with van der Waals surface area (Å²) in [4.78, 5) is 23.5. The van der Waals surface area contributed by atoms with Crippen molar-refractivity contribution in [1.82, 2.24) is 5.32 Å². The summed E-state index contributed by atoms with van der Waals surface area (Å²) in [6.45, 7) is 1.95. The minimum Gasteiger partial charge on any atom is -0.493 e. The molecule has 0 spiro atoms. The van der Waals surface area contributed by atoms with E-state index < -0.39 is 5.97 Å². The van der Waals surface area contributed by atoms with Crippen LogP contribution in [-0.2, 0) is 6.54 Å². The second-order valence-electron chi connectivity index (χ2n) is 5.61. The Bertz CT molecular complexity index is 806.